The Labute approximate surface area is 204 Å². The molecule has 3 heterocycles. The molecule has 1 saturated carbocycles. The number of hydrogen-bond donors (Lipinski definition) is 1. The molecule has 2 fully saturated rings. The maximum atomic E-state index is 13.7. The van der Waals surface area contributed by atoms with E-state index in [0.717, 1.165) is 28.7 Å². The standard InChI is InChI=1S/C25H22N2O7S/c1-31-16-6-11-5-14(26-19(11)21(33-3)20(16)32-2)23(29)27-10-12-9-25(12)13-7-17(24(30)34-4)35-22(13)15(28)8-18(25)27/h5-8,12,26H,9-10H2,1-4H3. The number of ketones is 1. The Balaban J connectivity index is 1.40. The highest BCUT2D eigenvalue weighted by atomic mass is 32.1. The summed E-state index contributed by atoms with van der Waals surface area (Å²) < 4.78 is 21.3. The summed E-state index contributed by atoms with van der Waals surface area (Å²) in [5.74, 6) is 0.657. The zero-order valence-corrected chi connectivity index (χ0v) is 20.3. The number of nitrogens with one attached hydrogen (secondary N) is 1. The van der Waals surface area contributed by atoms with Crippen molar-refractivity contribution < 1.29 is 33.3 Å². The fraction of sp³-hybridized carbons (Fsp3) is 0.320. The zero-order valence-electron chi connectivity index (χ0n) is 19.5. The average Bonchev–Trinajstić information content (AvgIpc) is 3.21. The van der Waals surface area contributed by atoms with Crippen LogP contribution in [0.15, 0.2) is 30.0 Å². The van der Waals surface area contributed by atoms with Crippen molar-refractivity contribution in [3.05, 3.63) is 51.0 Å². The lowest BCUT2D eigenvalue weighted by Crippen LogP contribution is -2.33. The molecule has 2 unspecified atom stereocenters. The lowest BCUT2D eigenvalue weighted by Gasteiger charge is -2.27. The number of amides is 1. The van der Waals surface area contributed by atoms with E-state index in [0.29, 0.717) is 50.5 Å². The first-order chi connectivity index (χ1) is 16.9. The molecule has 9 nitrogen and oxygen atoms in total. The molecule has 10 heteroatoms. The van der Waals surface area contributed by atoms with E-state index >= 15 is 0 Å². The van der Waals surface area contributed by atoms with Gasteiger partial charge < -0.3 is 28.8 Å². The Kier molecular flexibility index (Phi) is 4.56. The van der Waals surface area contributed by atoms with Gasteiger partial charge >= 0.3 is 5.97 Å². The van der Waals surface area contributed by atoms with Crippen molar-refractivity contribution in [3.63, 3.8) is 0 Å². The number of H-pyrrole nitrogens is 1. The number of hydrogen-bond acceptors (Lipinski definition) is 8. The minimum absolute atomic E-state index is 0.195. The van der Waals surface area contributed by atoms with Gasteiger partial charge in [-0.2, -0.15) is 0 Å². The summed E-state index contributed by atoms with van der Waals surface area (Å²) in [6, 6.07) is 5.29. The van der Waals surface area contributed by atoms with E-state index in [2.05, 4.69) is 4.98 Å². The number of aromatic nitrogens is 1. The Morgan fingerprint density at radius 2 is 1.86 bits per heavy atom. The number of carbonyl (C=O) groups excluding carboxylic acids is 3. The summed E-state index contributed by atoms with van der Waals surface area (Å²) in [6.45, 7) is 0.500. The van der Waals surface area contributed by atoms with E-state index in [9.17, 15) is 14.4 Å². The van der Waals surface area contributed by atoms with Crippen LogP contribution < -0.4 is 14.2 Å². The Hall–Kier alpha value is -3.79. The molecule has 1 N–H and O–H groups in total. The van der Waals surface area contributed by atoms with E-state index < -0.39 is 11.4 Å². The molecule has 35 heavy (non-hydrogen) atoms. The van der Waals surface area contributed by atoms with Crippen LogP contribution in [0.25, 0.3) is 10.9 Å². The maximum absolute atomic E-state index is 13.7. The van der Waals surface area contributed by atoms with E-state index in [1.165, 1.54) is 28.4 Å². The summed E-state index contributed by atoms with van der Waals surface area (Å²) in [5, 5.41) is 0.735. The topological polar surface area (TPSA) is 107 Å². The van der Waals surface area contributed by atoms with Crippen molar-refractivity contribution in [2.45, 2.75) is 11.8 Å². The fourth-order valence-electron chi connectivity index (χ4n) is 5.59. The third kappa shape index (κ3) is 2.77. The number of ether oxygens (including phenoxy) is 4. The van der Waals surface area contributed by atoms with Gasteiger partial charge in [0.1, 0.15) is 10.6 Å². The largest absolute Gasteiger partial charge is 0.493 e. The maximum Gasteiger partial charge on any atom is 0.348 e. The van der Waals surface area contributed by atoms with E-state index in [-0.39, 0.29) is 17.6 Å². The van der Waals surface area contributed by atoms with E-state index in [1.807, 2.05) is 0 Å². The van der Waals surface area contributed by atoms with Crippen LogP contribution in [0.4, 0.5) is 0 Å². The molecule has 1 amide bonds. The first kappa shape index (κ1) is 21.7. The lowest BCUT2D eigenvalue weighted by atomic mass is 9.86. The van der Waals surface area contributed by atoms with Crippen molar-refractivity contribution in [2.24, 2.45) is 5.92 Å². The second kappa shape index (κ2) is 7.35. The monoisotopic (exact) mass is 494 g/mol. The summed E-state index contributed by atoms with van der Waals surface area (Å²) in [4.78, 5) is 44.6. The van der Waals surface area contributed by atoms with Crippen LogP contribution in [-0.4, -0.2) is 62.5 Å². The summed E-state index contributed by atoms with van der Waals surface area (Å²) in [7, 11) is 5.90. The van der Waals surface area contributed by atoms with Crippen molar-refractivity contribution in [1.29, 1.82) is 0 Å². The molecule has 2 aromatic heterocycles. The van der Waals surface area contributed by atoms with Crippen LogP contribution in [0.3, 0.4) is 0 Å². The highest BCUT2D eigenvalue weighted by Crippen LogP contribution is 2.67. The van der Waals surface area contributed by atoms with Crippen molar-refractivity contribution in [2.75, 3.05) is 35.0 Å². The number of allylic oxidation sites excluding steroid dienone is 2. The fourth-order valence-corrected chi connectivity index (χ4v) is 6.67. The third-order valence-corrected chi connectivity index (χ3v) is 8.37. The Morgan fingerprint density at radius 3 is 2.54 bits per heavy atom. The van der Waals surface area contributed by atoms with E-state index in [4.69, 9.17) is 18.9 Å². The number of aromatic amines is 1. The van der Waals surface area contributed by atoms with Crippen LogP contribution in [-0.2, 0) is 10.2 Å². The van der Waals surface area contributed by atoms with Gasteiger partial charge in [-0.25, -0.2) is 4.79 Å². The number of thiophene rings is 1. The SMILES string of the molecule is COC(=O)c1cc2c(s1)C(=O)C=C1N(C(=O)c3cc4cc(OC)c(OC)c(OC)c4[nH]3)CC3CC123. The normalized spacial score (nSPS) is 21.7. The van der Waals surface area contributed by atoms with Crippen molar-refractivity contribution in [1.82, 2.24) is 9.88 Å². The number of fused-ring (bicyclic) bond motifs is 2. The van der Waals surface area contributed by atoms with Gasteiger partial charge in [0.25, 0.3) is 5.91 Å². The average molecular weight is 495 g/mol. The molecule has 1 saturated heterocycles. The molecule has 1 spiro atoms. The molecule has 180 valence electrons. The van der Waals surface area contributed by atoms with Gasteiger partial charge in [-0.1, -0.05) is 0 Å². The van der Waals surface area contributed by atoms with Gasteiger partial charge in [0.15, 0.2) is 17.3 Å². The minimum atomic E-state index is -0.462. The number of methoxy groups -OCH3 is 4. The molecule has 1 aromatic carbocycles. The van der Waals surface area contributed by atoms with Crippen molar-refractivity contribution in [3.8, 4) is 17.2 Å². The highest BCUT2D eigenvalue weighted by molar-refractivity contribution is 7.16. The summed E-state index contributed by atoms with van der Waals surface area (Å²) >= 11 is 1.15. The van der Waals surface area contributed by atoms with Gasteiger partial charge in [0, 0.05) is 29.1 Å². The number of piperidine rings is 1. The number of likely N-dealkylation sites (tertiary alicyclic amines) is 1. The molecule has 2 aliphatic carbocycles. The quantitative estimate of drug-likeness (QED) is 0.541. The second-order valence-corrected chi connectivity index (χ2v) is 9.87. The van der Waals surface area contributed by atoms with Crippen LogP contribution in [0.5, 0.6) is 17.2 Å². The summed E-state index contributed by atoms with van der Waals surface area (Å²) in [5.41, 5.74) is 2.10. The van der Waals surface area contributed by atoms with Gasteiger partial charge in [0.2, 0.25) is 5.75 Å². The van der Waals surface area contributed by atoms with E-state index in [1.54, 1.807) is 29.2 Å². The van der Waals surface area contributed by atoms with Crippen molar-refractivity contribution >= 4 is 39.9 Å². The first-order valence-electron chi connectivity index (χ1n) is 11.0. The molecule has 2 atom stereocenters. The Morgan fingerprint density at radius 1 is 1.09 bits per heavy atom. The van der Waals surface area contributed by atoms with Crippen LogP contribution in [0, 0.1) is 5.92 Å². The van der Waals surface area contributed by atoms with Gasteiger partial charge in [-0.15, -0.1) is 11.3 Å². The molecular formula is C25H22N2O7S. The van der Waals surface area contributed by atoms with Crippen LogP contribution >= 0.6 is 11.3 Å². The Bertz CT molecular complexity index is 1480. The molecular weight excluding hydrogens is 472 g/mol. The predicted molar refractivity (Wildman–Crippen MR) is 127 cm³/mol. The van der Waals surface area contributed by atoms with Gasteiger partial charge in [-0.05, 0) is 36.1 Å². The number of carbonyl (C=O) groups is 3. The third-order valence-electron chi connectivity index (χ3n) is 7.24. The summed E-state index contributed by atoms with van der Waals surface area (Å²) in [6.07, 6.45) is 2.40. The molecule has 3 aromatic rings. The number of rotatable bonds is 5. The lowest BCUT2D eigenvalue weighted by molar-refractivity contribution is 0.0605. The highest BCUT2D eigenvalue weighted by Gasteiger charge is 2.67. The number of benzene rings is 1. The minimum Gasteiger partial charge on any atom is -0.493 e. The molecule has 0 bridgehead atoms. The molecule has 0 radical (unpaired) electrons. The smallest absolute Gasteiger partial charge is 0.348 e. The molecule has 3 aliphatic rings. The van der Waals surface area contributed by atoms with Crippen LogP contribution in [0.2, 0.25) is 0 Å². The molecule has 1 aliphatic heterocycles. The second-order valence-electron chi connectivity index (χ2n) is 8.82. The zero-order chi connectivity index (χ0) is 24.6. The molecule has 6 rings (SSSR count). The number of nitrogens with zero attached hydrogens (tertiary/aromatic N) is 1. The van der Waals surface area contributed by atoms with Crippen LogP contribution in [0.1, 0.15) is 41.8 Å². The number of esters is 1. The van der Waals surface area contributed by atoms with Gasteiger partial charge in [0.05, 0.1) is 38.8 Å². The first-order valence-corrected chi connectivity index (χ1v) is 11.8. The van der Waals surface area contributed by atoms with Gasteiger partial charge in [-0.3, -0.25) is 9.59 Å². The predicted octanol–water partition coefficient (Wildman–Crippen LogP) is 3.54.